The lowest BCUT2D eigenvalue weighted by Crippen LogP contribution is -1.98. The fourth-order valence-electron chi connectivity index (χ4n) is 2.12. The van der Waals surface area contributed by atoms with Gasteiger partial charge in [0.1, 0.15) is 18.4 Å². The normalized spacial score (nSPS) is 10.2. The van der Waals surface area contributed by atoms with Gasteiger partial charge in [-0.2, -0.15) is 5.26 Å². The highest BCUT2D eigenvalue weighted by Crippen LogP contribution is 2.21. The second kappa shape index (κ2) is 5.41. The summed E-state index contributed by atoms with van der Waals surface area (Å²) in [5.41, 5.74) is 2.49. The Hall–Kier alpha value is -2.86. The minimum absolute atomic E-state index is 0.396. The molecule has 0 atom stereocenters. The fourth-order valence-corrected chi connectivity index (χ4v) is 2.12. The van der Waals surface area contributed by atoms with E-state index in [1.54, 1.807) is 18.3 Å². The van der Waals surface area contributed by atoms with E-state index in [-0.39, 0.29) is 0 Å². The molecule has 0 aliphatic carbocycles. The number of nitrogens with zero attached hydrogens (tertiary/aromatic N) is 2. The summed E-state index contributed by atoms with van der Waals surface area (Å²) < 4.78 is 5.76. The fraction of sp³-hybridized carbons (Fsp3) is 0.0588. The highest BCUT2D eigenvalue weighted by atomic mass is 16.5. The molecule has 3 nitrogen and oxygen atoms in total. The van der Waals surface area contributed by atoms with E-state index < -0.39 is 0 Å². The first-order valence-electron chi connectivity index (χ1n) is 6.33. The van der Waals surface area contributed by atoms with E-state index in [9.17, 15) is 0 Å². The van der Waals surface area contributed by atoms with Gasteiger partial charge in [0.25, 0.3) is 0 Å². The van der Waals surface area contributed by atoms with Crippen LogP contribution in [0.4, 0.5) is 0 Å². The number of hydrogen-bond donors (Lipinski definition) is 0. The van der Waals surface area contributed by atoms with Crippen molar-refractivity contribution in [1.82, 2.24) is 4.98 Å². The van der Waals surface area contributed by atoms with Crippen molar-refractivity contribution < 1.29 is 4.74 Å². The van der Waals surface area contributed by atoms with Gasteiger partial charge in [0.2, 0.25) is 0 Å². The molecule has 0 fully saturated rings. The Morgan fingerprint density at radius 2 is 1.85 bits per heavy atom. The molecule has 96 valence electrons. The Balaban J connectivity index is 1.89. The number of hydrogen-bond acceptors (Lipinski definition) is 3. The minimum atomic E-state index is 0.396. The third kappa shape index (κ3) is 2.32. The quantitative estimate of drug-likeness (QED) is 0.721. The number of rotatable bonds is 3. The van der Waals surface area contributed by atoms with Gasteiger partial charge in [-0.1, -0.05) is 36.4 Å². The van der Waals surface area contributed by atoms with Crippen molar-refractivity contribution in [3.05, 3.63) is 71.9 Å². The molecule has 2 aromatic carbocycles. The van der Waals surface area contributed by atoms with E-state index in [1.165, 1.54) is 0 Å². The second-order valence-corrected chi connectivity index (χ2v) is 4.39. The van der Waals surface area contributed by atoms with Crippen LogP contribution in [0, 0.1) is 11.3 Å². The highest BCUT2D eigenvalue weighted by molar-refractivity contribution is 5.81. The summed E-state index contributed by atoms with van der Waals surface area (Å²) in [5.74, 6) is 0.600. The number of ether oxygens (including phenoxy) is 1. The molecule has 1 aromatic heterocycles. The maximum atomic E-state index is 9.05. The van der Waals surface area contributed by atoms with Gasteiger partial charge < -0.3 is 4.74 Å². The summed E-state index contributed by atoms with van der Waals surface area (Å²) in [6.45, 7) is 0.396. The van der Waals surface area contributed by atoms with Crippen molar-refractivity contribution in [2.75, 3.05) is 0 Å². The first kappa shape index (κ1) is 12.2. The average Bonchev–Trinajstić information content (AvgIpc) is 2.53. The molecule has 0 radical (unpaired) electrons. The summed E-state index contributed by atoms with van der Waals surface area (Å²) in [6.07, 6.45) is 1.77. The zero-order valence-electron chi connectivity index (χ0n) is 10.8. The van der Waals surface area contributed by atoms with Crippen LogP contribution in [0.15, 0.2) is 60.8 Å². The summed E-state index contributed by atoms with van der Waals surface area (Å²) in [4.78, 5) is 4.39. The lowest BCUT2D eigenvalue weighted by Gasteiger charge is -2.09. The highest BCUT2D eigenvalue weighted by Gasteiger charge is 2.05. The lowest BCUT2D eigenvalue weighted by molar-refractivity contribution is 0.306. The van der Waals surface area contributed by atoms with Crippen molar-refractivity contribution in [2.24, 2.45) is 0 Å². The number of para-hydroxylation sites is 2. The Labute approximate surface area is 117 Å². The number of nitriles is 1. The van der Waals surface area contributed by atoms with Gasteiger partial charge in [0.05, 0.1) is 11.1 Å². The van der Waals surface area contributed by atoms with Gasteiger partial charge in [0, 0.05) is 17.1 Å². The third-order valence-electron chi connectivity index (χ3n) is 3.11. The van der Waals surface area contributed by atoms with Crippen molar-refractivity contribution in [3.8, 4) is 11.8 Å². The van der Waals surface area contributed by atoms with E-state index in [1.807, 2.05) is 42.5 Å². The van der Waals surface area contributed by atoms with Crippen LogP contribution in [-0.2, 0) is 6.61 Å². The van der Waals surface area contributed by atoms with Gasteiger partial charge in [-0.3, -0.25) is 4.98 Å². The van der Waals surface area contributed by atoms with Crippen LogP contribution in [-0.4, -0.2) is 4.98 Å². The molecule has 0 unspecified atom stereocenters. The number of pyridine rings is 1. The smallest absolute Gasteiger partial charge is 0.137 e. The van der Waals surface area contributed by atoms with Gasteiger partial charge in [-0.05, 0) is 18.2 Å². The molecule has 20 heavy (non-hydrogen) atoms. The summed E-state index contributed by atoms with van der Waals surface area (Å²) in [6, 6.07) is 19.3. The number of aromatic nitrogens is 1. The van der Waals surface area contributed by atoms with E-state index in [0.29, 0.717) is 17.9 Å². The summed E-state index contributed by atoms with van der Waals surface area (Å²) in [5, 5.41) is 10.1. The third-order valence-corrected chi connectivity index (χ3v) is 3.11. The van der Waals surface area contributed by atoms with E-state index >= 15 is 0 Å². The molecular formula is C17H12N2O. The molecule has 3 heteroatoms. The molecule has 0 aliphatic heterocycles. The molecule has 0 N–H and O–H groups in total. The zero-order chi connectivity index (χ0) is 13.8. The van der Waals surface area contributed by atoms with Crippen molar-refractivity contribution in [2.45, 2.75) is 6.61 Å². The van der Waals surface area contributed by atoms with Crippen LogP contribution in [0.3, 0.4) is 0 Å². The largest absolute Gasteiger partial charge is 0.487 e. The predicted octanol–water partition coefficient (Wildman–Crippen LogP) is 3.69. The lowest BCUT2D eigenvalue weighted by atomic mass is 10.1. The second-order valence-electron chi connectivity index (χ2n) is 4.39. The maximum Gasteiger partial charge on any atom is 0.137 e. The molecule has 0 aliphatic rings. The monoisotopic (exact) mass is 260 g/mol. The molecule has 3 rings (SSSR count). The van der Waals surface area contributed by atoms with Crippen molar-refractivity contribution >= 4 is 10.9 Å². The molecule has 3 aromatic rings. The van der Waals surface area contributed by atoms with Crippen LogP contribution in [0.2, 0.25) is 0 Å². The molecule has 0 saturated carbocycles. The van der Waals surface area contributed by atoms with Crippen LogP contribution in [0.1, 0.15) is 11.1 Å². The minimum Gasteiger partial charge on any atom is -0.487 e. The zero-order valence-corrected chi connectivity index (χ0v) is 10.8. The number of benzene rings is 2. The van der Waals surface area contributed by atoms with Gasteiger partial charge in [0.15, 0.2) is 0 Å². The predicted molar refractivity (Wildman–Crippen MR) is 77.2 cm³/mol. The summed E-state index contributed by atoms with van der Waals surface area (Å²) >= 11 is 0. The van der Waals surface area contributed by atoms with Gasteiger partial charge in [-0.15, -0.1) is 0 Å². The topological polar surface area (TPSA) is 45.9 Å². The Kier molecular flexibility index (Phi) is 3.30. The van der Waals surface area contributed by atoms with Gasteiger partial charge >= 0.3 is 0 Å². The van der Waals surface area contributed by atoms with E-state index in [4.69, 9.17) is 10.00 Å². The first-order valence-corrected chi connectivity index (χ1v) is 6.33. The van der Waals surface area contributed by atoms with Gasteiger partial charge in [-0.25, -0.2) is 0 Å². The SMILES string of the molecule is N#Cc1ccccc1OCc1cccc2cccnc12. The standard InChI is InChI=1S/C17H12N2O/c18-11-14-5-1-2-9-16(14)20-12-15-7-3-6-13-8-4-10-19-17(13)15/h1-10H,12H2. The Bertz CT molecular complexity index is 785. The van der Waals surface area contributed by atoms with Crippen molar-refractivity contribution in [1.29, 1.82) is 5.26 Å². The molecule has 0 saturated heterocycles. The van der Waals surface area contributed by atoms with Crippen LogP contribution >= 0.6 is 0 Å². The van der Waals surface area contributed by atoms with Crippen LogP contribution in [0.25, 0.3) is 10.9 Å². The van der Waals surface area contributed by atoms with Crippen LogP contribution in [0.5, 0.6) is 5.75 Å². The summed E-state index contributed by atoms with van der Waals surface area (Å²) in [7, 11) is 0. The molecule has 0 spiro atoms. The van der Waals surface area contributed by atoms with E-state index in [2.05, 4.69) is 11.1 Å². The maximum absolute atomic E-state index is 9.05. The van der Waals surface area contributed by atoms with Crippen molar-refractivity contribution in [3.63, 3.8) is 0 Å². The molecule has 0 bridgehead atoms. The van der Waals surface area contributed by atoms with Crippen LogP contribution < -0.4 is 4.74 Å². The molecule has 1 heterocycles. The molecule has 0 amide bonds. The Morgan fingerprint density at radius 3 is 2.75 bits per heavy atom. The average molecular weight is 260 g/mol. The first-order chi connectivity index (χ1) is 9.88. The number of fused-ring (bicyclic) bond motifs is 1. The van der Waals surface area contributed by atoms with E-state index in [0.717, 1.165) is 16.5 Å². The Morgan fingerprint density at radius 1 is 1.00 bits per heavy atom. The molecular weight excluding hydrogens is 248 g/mol.